The van der Waals surface area contributed by atoms with Crippen LogP contribution in [0.4, 0.5) is 0 Å². The number of hydrogen-bond donors (Lipinski definition) is 0. The van der Waals surface area contributed by atoms with Gasteiger partial charge < -0.3 is 9.47 Å². The lowest BCUT2D eigenvalue weighted by Gasteiger charge is -2.43. The average Bonchev–Trinajstić information content (AvgIpc) is 2.49. The molecule has 1 atom stereocenters. The van der Waals surface area contributed by atoms with Gasteiger partial charge in [0.2, 0.25) is 0 Å². The van der Waals surface area contributed by atoms with Crippen molar-refractivity contribution in [3.05, 3.63) is 47.5 Å². The van der Waals surface area contributed by atoms with Gasteiger partial charge in [0.05, 0.1) is 25.4 Å². The molecule has 2 nitrogen and oxygen atoms in total. The van der Waals surface area contributed by atoms with Crippen LogP contribution in [0.3, 0.4) is 0 Å². The maximum atomic E-state index is 6.11. The molecule has 0 amide bonds. The SMILES string of the molecule is CC(C)=CCC1(COCc2ccccc2)CCC(C)(C)OC1. The predicted molar refractivity (Wildman–Crippen MR) is 91.8 cm³/mol. The molecule has 2 rings (SSSR count). The smallest absolute Gasteiger partial charge is 0.0717 e. The van der Waals surface area contributed by atoms with Crippen molar-refractivity contribution in [1.82, 2.24) is 0 Å². The van der Waals surface area contributed by atoms with E-state index in [1.165, 1.54) is 17.6 Å². The van der Waals surface area contributed by atoms with Crippen LogP contribution in [0.25, 0.3) is 0 Å². The third-order valence-corrected chi connectivity index (χ3v) is 4.49. The molecule has 22 heavy (non-hydrogen) atoms. The fourth-order valence-electron chi connectivity index (χ4n) is 2.77. The van der Waals surface area contributed by atoms with Crippen LogP contribution >= 0.6 is 0 Å². The van der Waals surface area contributed by atoms with Gasteiger partial charge in [0.25, 0.3) is 0 Å². The van der Waals surface area contributed by atoms with Crippen LogP contribution in [0.1, 0.15) is 52.5 Å². The summed E-state index contributed by atoms with van der Waals surface area (Å²) in [5.74, 6) is 0. The molecule has 122 valence electrons. The first-order valence-electron chi connectivity index (χ1n) is 8.30. The second-order valence-corrected chi connectivity index (χ2v) is 7.51. The van der Waals surface area contributed by atoms with Crippen molar-refractivity contribution in [2.24, 2.45) is 5.41 Å². The van der Waals surface area contributed by atoms with Crippen LogP contribution in [-0.2, 0) is 16.1 Å². The van der Waals surface area contributed by atoms with Crippen LogP contribution in [0.15, 0.2) is 42.0 Å². The first-order valence-corrected chi connectivity index (χ1v) is 8.30. The fourth-order valence-corrected chi connectivity index (χ4v) is 2.77. The van der Waals surface area contributed by atoms with E-state index >= 15 is 0 Å². The van der Waals surface area contributed by atoms with E-state index in [2.05, 4.69) is 58.0 Å². The molecule has 1 aliphatic heterocycles. The van der Waals surface area contributed by atoms with Crippen molar-refractivity contribution in [2.45, 2.75) is 59.2 Å². The second kappa shape index (κ2) is 7.43. The summed E-state index contributed by atoms with van der Waals surface area (Å²) >= 11 is 0. The number of hydrogen-bond acceptors (Lipinski definition) is 2. The van der Waals surface area contributed by atoms with Crippen molar-refractivity contribution in [3.63, 3.8) is 0 Å². The Bertz CT molecular complexity index is 474. The Morgan fingerprint density at radius 1 is 1.18 bits per heavy atom. The van der Waals surface area contributed by atoms with Crippen LogP contribution < -0.4 is 0 Å². The van der Waals surface area contributed by atoms with Gasteiger partial charge in [-0.2, -0.15) is 0 Å². The second-order valence-electron chi connectivity index (χ2n) is 7.51. The molecule has 1 fully saturated rings. The zero-order chi connectivity index (χ0) is 16.1. The van der Waals surface area contributed by atoms with Gasteiger partial charge in [0.1, 0.15) is 0 Å². The van der Waals surface area contributed by atoms with E-state index in [4.69, 9.17) is 9.47 Å². The van der Waals surface area contributed by atoms with Gasteiger partial charge in [-0.1, -0.05) is 42.0 Å². The zero-order valence-electron chi connectivity index (χ0n) is 14.5. The summed E-state index contributed by atoms with van der Waals surface area (Å²) in [5, 5.41) is 0. The minimum Gasteiger partial charge on any atom is -0.376 e. The Morgan fingerprint density at radius 3 is 2.50 bits per heavy atom. The topological polar surface area (TPSA) is 18.5 Å². The number of rotatable bonds is 6. The van der Waals surface area contributed by atoms with Crippen molar-refractivity contribution in [3.8, 4) is 0 Å². The van der Waals surface area contributed by atoms with Gasteiger partial charge in [-0.3, -0.25) is 0 Å². The Hall–Kier alpha value is -1.12. The summed E-state index contributed by atoms with van der Waals surface area (Å²) in [7, 11) is 0. The Labute approximate surface area is 135 Å². The molecule has 0 N–H and O–H groups in total. The largest absolute Gasteiger partial charge is 0.376 e. The molecule has 1 aromatic rings. The third-order valence-electron chi connectivity index (χ3n) is 4.49. The van der Waals surface area contributed by atoms with Crippen molar-refractivity contribution >= 4 is 0 Å². The molecule has 0 aromatic heterocycles. The molecular formula is C20H30O2. The van der Waals surface area contributed by atoms with Gasteiger partial charge in [0.15, 0.2) is 0 Å². The minimum absolute atomic E-state index is 0.00784. The highest BCUT2D eigenvalue weighted by Gasteiger charge is 2.38. The van der Waals surface area contributed by atoms with Gasteiger partial charge >= 0.3 is 0 Å². The molecule has 0 bridgehead atoms. The predicted octanol–water partition coefficient (Wildman–Crippen LogP) is 5.13. The Kier molecular flexibility index (Phi) is 5.82. The lowest BCUT2D eigenvalue weighted by Crippen LogP contribution is -2.43. The molecule has 2 heteroatoms. The summed E-state index contributed by atoms with van der Waals surface area (Å²) in [6, 6.07) is 10.4. The van der Waals surface area contributed by atoms with E-state index in [1.54, 1.807) is 0 Å². The summed E-state index contributed by atoms with van der Waals surface area (Å²) < 4.78 is 12.2. The van der Waals surface area contributed by atoms with E-state index in [1.807, 2.05) is 6.07 Å². The third kappa shape index (κ3) is 5.26. The van der Waals surface area contributed by atoms with Gasteiger partial charge in [0, 0.05) is 5.41 Å². The molecule has 1 heterocycles. The normalized spacial score (nSPS) is 24.0. The monoisotopic (exact) mass is 302 g/mol. The summed E-state index contributed by atoms with van der Waals surface area (Å²) in [6.45, 7) is 10.9. The van der Waals surface area contributed by atoms with E-state index in [0.29, 0.717) is 6.61 Å². The van der Waals surface area contributed by atoms with Gasteiger partial charge in [-0.05, 0) is 52.5 Å². The average molecular weight is 302 g/mol. The molecule has 1 aliphatic rings. The fraction of sp³-hybridized carbons (Fsp3) is 0.600. The van der Waals surface area contributed by atoms with Crippen LogP contribution in [-0.4, -0.2) is 18.8 Å². The molecule has 1 unspecified atom stereocenters. The highest BCUT2D eigenvalue weighted by molar-refractivity contribution is 5.13. The number of allylic oxidation sites excluding steroid dienone is 2. The summed E-state index contributed by atoms with van der Waals surface area (Å²) in [6.07, 6.45) is 5.63. The van der Waals surface area contributed by atoms with Crippen LogP contribution in [0, 0.1) is 5.41 Å². The van der Waals surface area contributed by atoms with Gasteiger partial charge in [-0.25, -0.2) is 0 Å². The number of benzene rings is 1. The van der Waals surface area contributed by atoms with Crippen molar-refractivity contribution < 1.29 is 9.47 Å². The number of ether oxygens (including phenoxy) is 2. The van der Waals surface area contributed by atoms with E-state index < -0.39 is 0 Å². The minimum atomic E-state index is 0.00784. The van der Waals surface area contributed by atoms with Crippen molar-refractivity contribution in [1.29, 1.82) is 0 Å². The van der Waals surface area contributed by atoms with Gasteiger partial charge in [-0.15, -0.1) is 0 Å². The van der Waals surface area contributed by atoms with Crippen molar-refractivity contribution in [2.75, 3.05) is 13.2 Å². The van der Waals surface area contributed by atoms with E-state index in [-0.39, 0.29) is 11.0 Å². The highest BCUT2D eigenvalue weighted by Crippen LogP contribution is 2.39. The zero-order valence-corrected chi connectivity index (χ0v) is 14.5. The lowest BCUT2D eigenvalue weighted by atomic mass is 9.76. The summed E-state index contributed by atoms with van der Waals surface area (Å²) in [5.41, 5.74) is 2.74. The highest BCUT2D eigenvalue weighted by atomic mass is 16.5. The first kappa shape index (κ1) is 17.2. The van der Waals surface area contributed by atoms with E-state index in [0.717, 1.165) is 26.1 Å². The standard InChI is InChI=1S/C20H30O2/c1-17(2)10-11-20(13-12-19(3,4)22-16-20)15-21-14-18-8-6-5-7-9-18/h5-10H,11-16H2,1-4H3. The van der Waals surface area contributed by atoms with Crippen LogP contribution in [0.5, 0.6) is 0 Å². The molecular weight excluding hydrogens is 272 g/mol. The maximum Gasteiger partial charge on any atom is 0.0717 e. The molecule has 0 radical (unpaired) electrons. The Balaban J connectivity index is 1.94. The quantitative estimate of drug-likeness (QED) is 0.678. The van der Waals surface area contributed by atoms with E-state index in [9.17, 15) is 0 Å². The molecule has 0 spiro atoms. The maximum absolute atomic E-state index is 6.11. The lowest BCUT2D eigenvalue weighted by molar-refractivity contribution is -0.135. The molecule has 0 saturated carbocycles. The molecule has 0 aliphatic carbocycles. The Morgan fingerprint density at radius 2 is 1.91 bits per heavy atom. The summed E-state index contributed by atoms with van der Waals surface area (Å²) in [4.78, 5) is 0. The van der Waals surface area contributed by atoms with Crippen LogP contribution in [0.2, 0.25) is 0 Å². The first-order chi connectivity index (χ1) is 10.4. The molecule has 1 saturated heterocycles. The molecule has 1 aromatic carbocycles.